The topological polar surface area (TPSA) is 73.1 Å². The number of aromatic nitrogens is 2. The molecule has 3 N–H and O–H groups in total. The van der Waals surface area contributed by atoms with Crippen LogP contribution in [0.25, 0.3) is 0 Å². The van der Waals surface area contributed by atoms with E-state index >= 15 is 0 Å². The molecule has 0 bridgehead atoms. The Balaban J connectivity index is 1.51. The van der Waals surface area contributed by atoms with E-state index in [0.29, 0.717) is 11.9 Å². The van der Waals surface area contributed by atoms with E-state index in [2.05, 4.69) is 46.5 Å². The van der Waals surface area contributed by atoms with Crippen LogP contribution in [0, 0.1) is 5.92 Å². The molecule has 1 fully saturated rings. The van der Waals surface area contributed by atoms with Gasteiger partial charge < -0.3 is 15.8 Å². The van der Waals surface area contributed by atoms with Gasteiger partial charge in [-0.25, -0.2) is 9.97 Å². The highest BCUT2D eigenvalue weighted by Gasteiger charge is 2.19. The van der Waals surface area contributed by atoms with Crippen LogP contribution >= 0.6 is 0 Å². The fourth-order valence-electron chi connectivity index (χ4n) is 3.02. The Bertz CT molecular complexity index is 627. The van der Waals surface area contributed by atoms with Gasteiger partial charge in [0.05, 0.1) is 0 Å². The van der Waals surface area contributed by atoms with E-state index in [9.17, 15) is 0 Å². The quantitative estimate of drug-likeness (QED) is 0.851. The van der Waals surface area contributed by atoms with Crippen molar-refractivity contribution in [1.29, 1.82) is 0 Å². The van der Waals surface area contributed by atoms with Gasteiger partial charge in [-0.05, 0) is 61.3 Å². The van der Waals surface area contributed by atoms with Gasteiger partial charge in [0.1, 0.15) is 6.23 Å². The molecule has 0 amide bonds. The molecule has 1 aliphatic heterocycles. The van der Waals surface area contributed by atoms with E-state index in [0.717, 1.165) is 43.5 Å². The zero-order valence-corrected chi connectivity index (χ0v) is 14.2. The Kier molecular flexibility index (Phi) is 5.77. The molecule has 2 heterocycles. The van der Waals surface area contributed by atoms with Gasteiger partial charge in [0.25, 0.3) is 0 Å². The number of hydrogen-bond acceptors (Lipinski definition) is 5. The van der Waals surface area contributed by atoms with Crippen LogP contribution in [-0.2, 0) is 17.6 Å². The molecule has 24 heavy (non-hydrogen) atoms. The molecule has 0 aliphatic carbocycles. The molecular formula is C19H26N4O. The van der Waals surface area contributed by atoms with E-state index in [-0.39, 0.29) is 6.23 Å². The van der Waals surface area contributed by atoms with Gasteiger partial charge in [0.15, 0.2) is 0 Å². The first kappa shape index (κ1) is 16.9. The summed E-state index contributed by atoms with van der Waals surface area (Å²) in [6.07, 6.45) is 8.96. The smallest absolute Gasteiger partial charge is 0.227 e. The minimum atomic E-state index is -0.0746. The summed E-state index contributed by atoms with van der Waals surface area (Å²) in [5.74, 6) is 1.31. The molecule has 1 aromatic heterocycles. The monoisotopic (exact) mass is 326 g/mol. The number of ether oxygens (including phenoxy) is 1. The Morgan fingerprint density at radius 1 is 1.17 bits per heavy atom. The first-order valence-corrected chi connectivity index (χ1v) is 8.77. The molecule has 1 aromatic carbocycles. The van der Waals surface area contributed by atoms with Crippen molar-refractivity contribution in [3.63, 3.8) is 0 Å². The number of benzene rings is 1. The first-order valence-electron chi connectivity index (χ1n) is 8.77. The van der Waals surface area contributed by atoms with E-state index in [1.54, 1.807) is 0 Å². The lowest BCUT2D eigenvalue weighted by Crippen LogP contribution is -2.32. The van der Waals surface area contributed by atoms with Gasteiger partial charge in [-0.1, -0.05) is 19.1 Å². The second-order valence-corrected chi connectivity index (χ2v) is 6.43. The minimum Gasteiger partial charge on any atom is -0.364 e. The van der Waals surface area contributed by atoms with Crippen LogP contribution < -0.4 is 11.1 Å². The molecule has 2 aromatic rings. The summed E-state index contributed by atoms with van der Waals surface area (Å²) in [5, 5.41) is 3.24. The third-order valence-electron chi connectivity index (χ3n) is 4.59. The van der Waals surface area contributed by atoms with Gasteiger partial charge in [0.2, 0.25) is 5.95 Å². The maximum absolute atomic E-state index is 5.86. The molecule has 0 spiro atoms. The van der Waals surface area contributed by atoms with Crippen LogP contribution in [0.2, 0.25) is 0 Å². The van der Waals surface area contributed by atoms with Gasteiger partial charge in [-0.2, -0.15) is 0 Å². The second-order valence-electron chi connectivity index (χ2n) is 6.43. The van der Waals surface area contributed by atoms with Crippen molar-refractivity contribution in [3.05, 3.63) is 47.8 Å². The first-order chi connectivity index (χ1) is 11.7. The van der Waals surface area contributed by atoms with E-state index in [1.807, 2.05) is 12.4 Å². The molecule has 128 valence electrons. The minimum absolute atomic E-state index is 0.0746. The van der Waals surface area contributed by atoms with E-state index in [1.165, 1.54) is 12.0 Å². The highest BCUT2D eigenvalue weighted by atomic mass is 16.5. The number of nitrogens with one attached hydrogen (secondary N) is 1. The Labute approximate surface area is 143 Å². The lowest BCUT2D eigenvalue weighted by molar-refractivity contribution is -0.00624. The average Bonchev–Trinajstić information content (AvgIpc) is 2.62. The van der Waals surface area contributed by atoms with Crippen LogP contribution in [0.4, 0.5) is 11.6 Å². The number of aryl methyl sites for hydroxylation is 2. The molecule has 2 atom stereocenters. The van der Waals surface area contributed by atoms with Crippen molar-refractivity contribution in [1.82, 2.24) is 9.97 Å². The van der Waals surface area contributed by atoms with Crippen LogP contribution in [0.5, 0.6) is 0 Å². The largest absolute Gasteiger partial charge is 0.364 e. The second kappa shape index (κ2) is 8.22. The third-order valence-corrected chi connectivity index (χ3v) is 4.59. The molecule has 1 saturated heterocycles. The number of nitrogens with two attached hydrogens (primary N) is 1. The Morgan fingerprint density at radius 2 is 1.92 bits per heavy atom. The van der Waals surface area contributed by atoms with Crippen molar-refractivity contribution in [2.24, 2.45) is 11.7 Å². The van der Waals surface area contributed by atoms with Gasteiger partial charge in [-0.15, -0.1) is 0 Å². The predicted molar refractivity (Wildman–Crippen MR) is 96.1 cm³/mol. The highest BCUT2D eigenvalue weighted by molar-refractivity contribution is 5.53. The number of hydrogen-bond donors (Lipinski definition) is 2. The van der Waals surface area contributed by atoms with Crippen LogP contribution in [0.3, 0.4) is 0 Å². The Morgan fingerprint density at radius 3 is 2.58 bits per heavy atom. The van der Waals surface area contributed by atoms with Crippen molar-refractivity contribution < 1.29 is 4.74 Å². The summed E-state index contributed by atoms with van der Waals surface area (Å²) in [5.41, 5.74) is 9.37. The van der Waals surface area contributed by atoms with Crippen LogP contribution in [-0.4, -0.2) is 22.8 Å². The number of rotatable bonds is 6. The molecule has 0 radical (unpaired) electrons. The van der Waals surface area contributed by atoms with Gasteiger partial charge >= 0.3 is 0 Å². The molecule has 5 heteroatoms. The molecule has 1 aliphatic rings. The van der Waals surface area contributed by atoms with Crippen molar-refractivity contribution in [3.8, 4) is 0 Å². The normalized spacial score (nSPS) is 20.8. The van der Waals surface area contributed by atoms with Crippen molar-refractivity contribution in [2.45, 2.75) is 45.3 Å². The summed E-state index contributed by atoms with van der Waals surface area (Å²) in [6.45, 7) is 2.89. The summed E-state index contributed by atoms with van der Waals surface area (Å²) in [6, 6.07) is 8.51. The average molecular weight is 326 g/mol. The molecular weight excluding hydrogens is 300 g/mol. The van der Waals surface area contributed by atoms with Gasteiger partial charge in [0, 0.05) is 24.7 Å². The van der Waals surface area contributed by atoms with Crippen LogP contribution in [0.15, 0.2) is 36.7 Å². The fourth-order valence-corrected chi connectivity index (χ4v) is 3.02. The zero-order chi connectivity index (χ0) is 16.8. The lowest BCUT2D eigenvalue weighted by atomic mass is 9.92. The maximum atomic E-state index is 5.86. The summed E-state index contributed by atoms with van der Waals surface area (Å²) in [7, 11) is 0. The zero-order valence-electron chi connectivity index (χ0n) is 14.2. The third kappa shape index (κ3) is 4.76. The molecule has 2 unspecified atom stereocenters. The summed E-state index contributed by atoms with van der Waals surface area (Å²) >= 11 is 0. The molecule has 3 rings (SSSR count). The predicted octanol–water partition coefficient (Wildman–Crippen LogP) is 3.43. The Hall–Kier alpha value is -1.98. The van der Waals surface area contributed by atoms with E-state index in [4.69, 9.17) is 10.5 Å². The maximum Gasteiger partial charge on any atom is 0.227 e. The van der Waals surface area contributed by atoms with Crippen molar-refractivity contribution in [2.75, 3.05) is 11.9 Å². The van der Waals surface area contributed by atoms with Crippen LogP contribution in [0.1, 0.15) is 37.3 Å². The lowest BCUT2D eigenvalue weighted by Gasteiger charge is -2.26. The van der Waals surface area contributed by atoms with Crippen molar-refractivity contribution >= 4 is 11.6 Å². The standard InChI is InChI=1S/C19H26N4O/c1-2-14-12-21-19(22-13-14)23-17-7-5-15(6-8-17)3-4-16-9-10-24-18(20)11-16/h5-8,12-13,16,18H,2-4,9-11,20H2,1H3,(H,21,22,23). The fraction of sp³-hybridized carbons (Fsp3) is 0.474. The van der Waals surface area contributed by atoms with Gasteiger partial charge in [-0.3, -0.25) is 0 Å². The molecule has 5 nitrogen and oxygen atoms in total. The summed E-state index contributed by atoms with van der Waals surface area (Å²) in [4.78, 5) is 8.65. The summed E-state index contributed by atoms with van der Waals surface area (Å²) < 4.78 is 5.40. The number of nitrogens with zero attached hydrogens (tertiary/aromatic N) is 2. The number of anilines is 2. The van der Waals surface area contributed by atoms with E-state index < -0.39 is 0 Å². The SMILES string of the molecule is CCc1cnc(Nc2ccc(CCC3CCOC(N)C3)cc2)nc1. The highest BCUT2D eigenvalue weighted by Crippen LogP contribution is 2.23. The molecule has 0 saturated carbocycles.